The fraction of sp³-hybridized carbons (Fsp3) is 0.818. The van der Waals surface area contributed by atoms with Gasteiger partial charge in [0.05, 0.1) is 12.5 Å². The number of likely N-dealkylation sites (tertiary alicyclic amines) is 2. The average molecular weight is 226 g/mol. The second-order valence-corrected chi connectivity index (χ2v) is 4.67. The summed E-state index contributed by atoms with van der Waals surface area (Å²) in [4.78, 5) is 26.2. The highest BCUT2D eigenvalue weighted by molar-refractivity contribution is 5.79. The van der Waals surface area contributed by atoms with Crippen LogP contribution in [0.15, 0.2) is 0 Å². The largest absolute Gasteiger partial charge is 0.481 e. The summed E-state index contributed by atoms with van der Waals surface area (Å²) in [6.45, 7) is 3.18. The molecule has 5 heteroatoms. The van der Waals surface area contributed by atoms with Gasteiger partial charge in [-0.25, -0.2) is 0 Å². The van der Waals surface area contributed by atoms with Gasteiger partial charge in [-0.15, -0.1) is 0 Å². The van der Waals surface area contributed by atoms with E-state index >= 15 is 0 Å². The second kappa shape index (κ2) is 4.82. The van der Waals surface area contributed by atoms with Gasteiger partial charge in [-0.2, -0.15) is 0 Å². The van der Waals surface area contributed by atoms with Crippen LogP contribution in [0.25, 0.3) is 0 Å². The van der Waals surface area contributed by atoms with Crippen LogP contribution in [0.1, 0.15) is 19.3 Å². The Morgan fingerprint density at radius 2 is 1.75 bits per heavy atom. The number of aliphatic carboxylic acids is 1. The molecule has 0 unspecified atom stereocenters. The topological polar surface area (TPSA) is 60.9 Å². The summed E-state index contributed by atoms with van der Waals surface area (Å²) < 4.78 is 0. The average Bonchev–Trinajstić information content (AvgIpc) is 2.23. The zero-order valence-corrected chi connectivity index (χ0v) is 9.39. The van der Waals surface area contributed by atoms with Crippen molar-refractivity contribution in [3.63, 3.8) is 0 Å². The Bertz CT molecular complexity index is 281. The van der Waals surface area contributed by atoms with E-state index in [1.165, 1.54) is 6.42 Å². The van der Waals surface area contributed by atoms with E-state index in [4.69, 9.17) is 5.11 Å². The van der Waals surface area contributed by atoms with Gasteiger partial charge in [0.1, 0.15) is 0 Å². The number of carbonyl (C=O) groups excluding carboxylic acids is 1. The van der Waals surface area contributed by atoms with E-state index in [1.54, 1.807) is 0 Å². The number of rotatable bonds is 3. The number of carbonyl (C=O) groups is 2. The number of piperidine rings is 1. The summed E-state index contributed by atoms with van der Waals surface area (Å²) in [5.41, 5.74) is 0. The molecule has 0 bridgehead atoms. The number of nitrogens with zero attached hydrogens (tertiary/aromatic N) is 2. The van der Waals surface area contributed by atoms with Crippen molar-refractivity contribution in [2.75, 3.05) is 32.7 Å². The Kier molecular flexibility index (Phi) is 3.43. The molecule has 2 aliphatic heterocycles. The Balaban J connectivity index is 1.70. The first-order chi connectivity index (χ1) is 7.66. The van der Waals surface area contributed by atoms with Crippen molar-refractivity contribution in [2.45, 2.75) is 19.3 Å². The normalized spacial score (nSPS) is 22.9. The lowest BCUT2D eigenvalue weighted by Crippen LogP contribution is -2.54. The van der Waals surface area contributed by atoms with Gasteiger partial charge >= 0.3 is 5.97 Å². The molecule has 0 spiro atoms. The highest BCUT2D eigenvalue weighted by Crippen LogP contribution is 2.16. The molecule has 0 aromatic rings. The zero-order valence-electron chi connectivity index (χ0n) is 9.39. The van der Waals surface area contributed by atoms with Gasteiger partial charge in [0.25, 0.3) is 0 Å². The van der Waals surface area contributed by atoms with Crippen LogP contribution in [0.5, 0.6) is 0 Å². The van der Waals surface area contributed by atoms with Gasteiger partial charge in [0, 0.05) is 26.2 Å². The Morgan fingerprint density at radius 3 is 2.31 bits per heavy atom. The lowest BCUT2D eigenvalue weighted by atomic mass is 10.0. The predicted octanol–water partition coefficient (Wildman–Crippen LogP) is 0.0153. The standard InChI is InChI=1S/C11H18N2O3/c14-10(13-4-2-1-3-5-13)8-12-6-9(7-12)11(15)16/h9H,1-8H2,(H,15,16). The first-order valence-electron chi connectivity index (χ1n) is 5.90. The van der Waals surface area contributed by atoms with Gasteiger partial charge in [-0.1, -0.05) is 0 Å². The van der Waals surface area contributed by atoms with Gasteiger partial charge in [-0.3, -0.25) is 14.5 Å². The van der Waals surface area contributed by atoms with Crippen molar-refractivity contribution in [3.8, 4) is 0 Å². The van der Waals surface area contributed by atoms with Crippen LogP contribution in [0, 0.1) is 5.92 Å². The van der Waals surface area contributed by atoms with Crippen LogP contribution in [0.2, 0.25) is 0 Å². The third-order valence-corrected chi connectivity index (χ3v) is 3.37. The lowest BCUT2D eigenvalue weighted by Gasteiger charge is -2.37. The van der Waals surface area contributed by atoms with Crippen molar-refractivity contribution in [2.24, 2.45) is 5.92 Å². The monoisotopic (exact) mass is 226 g/mol. The zero-order chi connectivity index (χ0) is 11.5. The molecule has 16 heavy (non-hydrogen) atoms. The van der Waals surface area contributed by atoms with Crippen molar-refractivity contribution in [1.29, 1.82) is 0 Å². The molecule has 2 aliphatic rings. The molecule has 90 valence electrons. The molecular weight excluding hydrogens is 208 g/mol. The first-order valence-corrected chi connectivity index (χ1v) is 5.90. The van der Waals surface area contributed by atoms with E-state index in [0.29, 0.717) is 19.6 Å². The van der Waals surface area contributed by atoms with Gasteiger partial charge in [0.2, 0.25) is 5.91 Å². The number of carboxylic acid groups (broad SMARTS) is 1. The van der Waals surface area contributed by atoms with Crippen LogP contribution < -0.4 is 0 Å². The van der Waals surface area contributed by atoms with Crippen molar-refractivity contribution >= 4 is 11.9 Å². The summed E-state index contributed by atoms with van der Waals surface area (Å²) in [5.74, 6) is -0.862. The van der Waals surface area contributed by atoms with Crippen molar-refractivity contribution in [3.05, 3.63) is 0 Å². The van der Waals surface area contributed by atoms with E-state index in [2.05, 4.69) is 0 Å². The van der Waals surface area contributed by atoms with Crippen molar-refractivity contribution < 1.29 is 14.7 Å². The fourth-order valence-electron chi connectivity index (χ4n) is 2.29. The summed E-state index contributed by atoms with van der Waals surface area (Å²) in [5, 5.41) is 8.71. The minimum atomic E-state index is -0.748. The van der Waals surface area contributed by atoms with Crippen molar-refractivity contribution in [1.82, 2.24) is 9.80 Å². The molecule has 0 aromatic carbocycles. The number of hydrogen-bond donors (Lipinski definition) is 1. The SMILES string of the molecule is O=C(O)C1CN(CC(=O)N2CCCCC2)C1. The number of carboxylic acids is 1. The second-order valence-electron chi connectivity index (χ2n) is 4.67. The van der Waals surface area contributed by atoms with Crippen LogP contribution >= 0.6 is 0 Å². The molecule has 2 heterocycles. The van der Waals surface area contributed by atoms with E-state index < -0.39 is 5.97 Å². The molecule has 1 N–H and O–H groups in total. The molecule has 0 aliphatic carbocycles. The van der Waals surface area contributed by atoms with Gasteiger partial charge < -0.3 is 10.0 Å². The molecule has 2 saturated heterocycles. The molecule has 0 atom stereocenters. The molecule has 0 saturated carbocycles. The molecule has 2 rings (SSSR count). The minimum absolute atomic E-state index is 0.156. The maximum Gasteiger partial charge on any atom is 0.309 e. The quantitative estimate of drug-likeness (QED) is 0.736. The number of hydrogen-bond acceptors (Lipinski definition) is 3. The lowest BCUT2D eigenvalue weighted by molar-refractivity contribution is -0.150. The smallest absolute Gasteiger partial charge is 0.309 e. The highest BCUT2D eigenvalue weighted by Gasteiger charge is 2.34. The minimum Gasteiger partial charge on any atom is -0.481 e. The fourth-order valence-corrected chi connectivity index (χ4v) is 2.29. The first kappa shape index (κ1) is 11.4. The van der Waals surface area contributed by atoms with Crippen LogP contribution in [-0.4, -0.2) is 59.5 Å². The van der Waals surface area contributed by atoms with E-state index in [0.717, 1.165) is 25.9 Å². The van der Waals surface area contributed by atoms with E-state index in [9.17, 15) is 9.59 Å². The third kappa shape index (κ3) is 2.52. The third-order valence-electron chi connectivity index (χ3n) is 3.37. The molecule has 2 fully saturated rings. The van der Waals surface area contributed by atoms with Crippen LogP contribution in [0.3, 0.4) is 0 Å². The van der Waals surface area contributed by atoms with Gasteiger partial charge in [-0.05, 0) is 19.3 Å². The summed E-state index contributed by atoms with van der Waals surface area (Å²) in [6, 6.07) is 0. The van der Waals surface area contributed by atoms with E-state index in [1.807, 2.05) is 9.80 Å². The molecular formula is C11H18N2O3. The Labute approximate surface area is 95.0 Å². The van der Waals surface area contributed by atoms with E-state index in [-0.39, 0.29) is 11.8 Å². The predicted molar refractivity (Wildman–Crippen MR) is 58.0 cm³/mol. The molecule has 1 amide bonds. The Hall–Kier alpha value is -1.10. The maximum atomic E-state index is 11.8. The maximum absolute atomic E-state index is 11.8. The summed E-state index contributed by atoms with van der Waals surface area (Å²) in [6.07, 6.45) is 3.42. The number of amides is 1. The summed E-state index contributed by atoms with van der Waals surface area (Å²) in [7, 11) is 0. The summed E-state index contributed by atoms with van der Waals surface area (Å²) >= 11 is 0. The molecule has 0 radical (unpaired) electrons. The highest BCUT2D eigenvalue weighted by atomic mass is 16.4. The van der Waals surface area contributed by atoms with Gasteiger partial charge in [0.15, 0.2) is 0 Å². The Morgan fingerprint density at radius 1 is 1.12 bits per heavy atom. The van der Waals surface area contributed by atoms with Crippen LogP contribution in [0.4, 0.5) is 0 Å². The van der Waals surface area contributed by atoms with Crippen LogP contribution in [-0.2, 0) is 9.59 Å². The molecule has 5 nitrogen and oxygen atoms in total. The molecule has 0 aromatic heterocycles.